The number of halogens is 1. The summed E-state index contributed by atoms with van der Waals surface area (Å²) >= 11 is 1.02. The van der Waals surface area contributed by atoms with Crippen molar-refractivity contribution in [3.63, 3.8) is 0 Å². The van der Waals surface area contributed by atoms with Gasteiger partial charge in [-0.2, -0.15) is 0 Å². The van der Waals surface area contributed by atoms with Gasteiger partial charge in [-0.3, -0.25) is 0 Å². The summed E-state index contributed by atoms with van der Waals surface area (Å²) in [5, 5.41) is 1.52. The predicted molar refractivity (Wildman–Crippen MR) is 71.7 cm³/mol. The molecule has 1 atom stereocenters. The molecule has 0 aliphatic carbocycles. The number of carbonyl (C=O) groups is 1. The summed E-state index contributed by atoms with van der Waals surface area (Å²) in [7, 11) is -2.53. The second-order valence-electron chi connectivity index (χ2n) is 3.36. The smallest absolute Gasteiger partial charge is 0.349 e. The predicted octanol–water partition coefficient (Wildman–Crippen LogP) is 0.582. The average Bonchev–Trinajstić information content (AvgIpc) is 2.76. The lowest BCUT2D eigenvalue weighted by Crippen LogP contribution is -2.38. The Bertz CT molecular complexity index is 500. The number of methoxy groups -OCH3 is 1. The van der Waals surface area contributed by atoms with Crippen molar-refractivity contribution in [2.45, 2.75) is 17.9 Å². The second kappa shape index (κ2) is 7.05. The SMILES string of the molecule is COC(=O)c1sccc1S(=O)(=O)N[C@@H](C)CN.Cl. The van der Waals surface area contributed by atoms with Crippen LogP contribution in [0, 0.1) is 0 Å². The summed E-state index contributed by atoms with van der Waals surface area (Å²) in [6.45, 7) is 1.82. The quantitative estimate of drug-likeness (QED) is 0.775. The molecular formula is C9H15ClN2O4S2. The van der Waals surface area contributed by atoms with Gasteiger partial charge in [-0.05, 0) is 18.4 Å². The maximum Gasteiger partial charge on any atom is 0.349 e. The van der Waals surface area contributed by atoms with Gasteiger partial charge in [-0.25, -0.2) is 17.9 Å². The molecular weight excluding hydrogens is 300 g/mol. The van der Waals surface area contributed by atoms with Crippen molar-refractivity contribution in [2.24, 2.45) is 5.73 Å². The normalized spacial score (nSPS) is 12.6. The number of nitrogens with two attached hydrogens (primary N) is 1. The first kappa shape index (κ1) is 17.3. The van der Waals surface area contributed by atoms with Gasteiger partial charge in [0.05, 0.1) is 7.11 Å². The molecule has 1 aromatic rings. The van der Waals surface area contributed by atoms with Crippen LogP contribution in [0.4, 0.5) is 0 Å². The van der Waals surface area contributed by atoms with E-state index in [1.807, 2.05) is 0 Å². The van der Waals surface area contributed by atoms with E-state index in [1.54, 1.807) is 6.92 Å². The Morgan fingerprint density at radius 2 is 2.22 bits per heavy atom. The highest BCUT2D eigenvalue weighted by Crippen LogP contribution is 2.22. The van der Waals surface area contributed by atoms with E-state index in [1.165, 1.54) is 18.6 Å². The molecule has 0 spiro atoms. The van der Waals surface area contributed by atoms with Gasteiger partial charge in [0.15, 0.2) is 0 Å². The molecule has 18 heavy (non-hydrogen) atoms. The number of hydrogen-bond acceptors (Lipinski definition) is 6. The molecule has 0 amide bonds. The second-order valence-corrected chi connectivity index (χ2v) is 5.96. The molecule has 0 radical (unpaired) electrons. The minimum absolute atomic E-state index is 0. The van der Waals surface area contributed by atoms with Crippen molar-refractivity contribution >= 4 is 39.7 Å². The van der Waals surface area contributed by atoms with E-state index < -0.39 is 22.0 Å². The van der Waals surface area contributed by atoms with E-state index in [0.717, 1.165) is 11.3 Å². The van der Waals surface area contributed by atoms with E-state index in [9.17, 15) is 13.2 Å². The van der Waals surface area contributed by atoms with Gasteiger partial charge >= 0.3 is 5.97 Å². The topological polar surface area (TPSA) is 98.5 Å². The fourth-order valence-corrected chi connectivity index (χ4v) is 3.72. The minimum Gasteiger partial charge on any atom is -0.465 e. The van der Waals surface area contributed by atoms with E-state index >= 15 is 0 Å². The van der Waals surface area contributed by atoms with Crippen molar-refractivity contribution in [1.82, 2.24) is 4.72 Å². The Morgan fingerprint density at radius 3 is 2.72 bits per heavy atom. The molecule has 104 valence electrons. The zero-order valence-electron chi connectivity index (χ0n) is 9.87. The summed E-state index contributed by atoms with van der Waals surface area (Å²) in [5.74, 6) is -0.666. The molecule has 0 fully saturated rings. The molecule has 0 aliphatic heterocycles. The number of carbonyl (C=O) groups excluding carboxylic acids is 1. The summed E-state index contributed by atoms with van der Waals surface area (Å²) in [6.07, 6.45) is 0. The van der Waals surface area contributed by atoms with E-state index in [4.69, 9.17) is 5.73 Å². The van der Waals surface area contributed by atoms with Gasteiger partial charge in [0.25, 0.3) is 0 Å². The third-order valence-corrected chi connectivity index (χ3v) is 4.65. The molecule has 9 heteroatoms. The van der Waals surface area contributed by atoms with Crippen LogP contribution < -0.4 is 10.5 Å². The Kier molecular flexibility index (Phi) is 6.79. The summed E-state index contributed by atoms with van der Waals surface area (Å²) in [6, 6.07) is 0.966. The van der Waals surface area contributed by atoms with Gasteiger partial charge in [0.2, 0.25) is 10.0 Å². The third kappa shape index (κ3) is 3.92. The first-order valence-corrected chi connectivity index (χ1v) is 7.17. The van der Waals surface area contributed by atoms with Gasteiger partial charge in [-0.1, -0.05) is 0 Å². The van der Waals surface area contributed by atoms with Crippen molar-refractivity contribution < 1.29 is 17.9 Å². The van der Waals surface area contributed by atoms with Crippen LogP contribution >= 0.6 is 23.7 Å². The first-order chi connectivity index (χ1) is 7.92. The van der Waals surface area contributed by atoms with Crippen LogP contribution in [-0.2, 0) is 14.8 Å². The Balaban J connectivity index is 0.00000289. The monoisotopic (exact) mass is 314 g/mol. The lowest BCUT2D eigenvalue weighted by Gasteiger charge is -2.11. The Morgan fingerprint density at radius 1 is 1.61 bits per heavy atom. The molecule has 1 aromatic heterocycles. The number of sulfonamides is 1. The molecule has 0 saturated heterocycles. The number of nitrogens with one attached hydrogen (secondary N) is 1. The molecule has 0 unspecified atom stereocenters. The number of ether oxygens (including phenoxy) is 1. The fourth-order valence-electron chi connectivity index (χ4n) is 1.13. The third-order valence-electron chi connectivity index (χ3n) is 2.00. The lowest BCUT2D eigenvalue weighted by molar-refractivity contribution is 0.0602. The fraction of sp³-hybridized carbons (Fsp3) is 0.444. The molecule has 0 aliphatic rings. The number of thiophene rings is 1. The number of rotatable bonds is 5. The zero-order chi connectivity index (χ0) is 13.1. The van der Waals surface area contributed by atoms with Crippen molar-refractivity contribution in [3.05, 3.63) is 16.3 Å². The molecule has 1 heterocycles. The van der Waals surface area contributed by atoms with Crippen LogP contribution in [0.1, 0.15) is 16.6 Å². The van der Waals surface area contributed by atoms with Crippen LogP contribution in [0.5, 0.6) is 0 Å². The van der Waals surface area contributed by atoms with Gasteiger partial charge in [0, 0.05) is 12.6 Å². The Hall–Kier alpha value is -0.670. The van der Waals surface area contributed by atoms with Gasteiger partial charge in [0.1, 0.15) is 9.77 Å². The van der Waals surface area contributed by atoms with Crippen LogP contribution in [0.3, 0.4) is 0 Å². The summed E-state index contributed by atoms with van der Waals surface area (Å²) in [5.41, 5.74) is 5.34. The van der Waals surface area contributed by atoms with Crippen LogP contribution in [-0.4, -0.2) is 34.1 Å². The number of esters is 1. The molecule has 0 bridgehead atoms. The Labute approximate surface area is 116 Å². The standard InChI is InChI=1S/C9H14N2O4S2.ClH/c1-6(5-10)11-17(13,14)7-3-4-16-8(7)9(12)15-2;/h3-4,6,11H,5,10H2,1-2H3;1H/t6-;/m0./s1. The zero-order valence-corrected chi connectivity index (χ0v) is 12.3. The van der Waals surface area contributed by atoms with Gasteiger partial charge < -0.3 is 10.5 Å². The molecule has 6 nitrogen and oxygen atoms in total. The number of hydrogen-bond donors (Lipinski definition) is 2. The van der Waals surface area contributed by atoms with Crippen LogP contribution in [0.15, 0.2) is 16.3 Å². The first-order valence-electron chi connectivity index (χ1n) is 4.80. The van der Waals surface area contributed by atoms with E-state index in [-0.39, 0.29) is 28.7 Å². The molecule has 1 rings (SSSR count). The van der Waals surface area contributed by atoms with Crippen LogP contribution in [0.2, 0.25) is 0 Å². The van der Waals surface area contributed by atoms with Gasteiger partial charge in [-0.15, -0.1) is 23.7 Å². The van der Waals surface area contributed by atoms with E-state index in [2.05, 4.69) is 9.46 Å². The largest absolute Gasteiger partial charge is 0.465 e. The highest BCUT2D eigenvalue weighted by atomic mass is 35.5. The minimum atomic E-state index is -3.73. The van der Waals surface area contributed by atoms with E-state index in [0.29, 0.717) is 0 Å². The lowest BCUT2D eigenvalue weighted by atomic mass is 10.4. The average molecular weight is 315 g/mol. The van der Waals surface area contributed by atoms with Crippen molar-refractivity contribution in [2.75, 3.05) is 13.7 Å². The van der Waals surface area contributed by atoms with Crippen molar-refractivity contribution in [1.29, 1.82) is 0 Å². The highest BCUT2D eigenvalue weighted by Gasteiger charge is 2.25. The maximum atomic E-state index is 11.9. The molecule has 0 saturated carbocycles. The molecule has 3 N–H and O–H groups in total. The van der Waals surface area contributed by atoms with Crippen LogP contribution in [0.25, 0.3) is 0 Å². The molecule has 0 aromatic carbocycles. The van der Waals surface area contributed by atoms with Crippen molar-refractivity contribution in [3.8, 4) is 0 Å². The maximum absolute atomic E-state index is 11.9. The summed E-state index contributed by atoms with van der Waals surface area (Å²) < 4.78 is 30.8. The highest BCUT2D eigenvalue weighted by molar-refractivity contribution is 7.89. The summed E-state index contributed by atoms with van der Waals surface area (Å²) in [4.78, 5) is 11.4.